The lowest BCUT2D eigenvalue weighted by Gasteiger charge is -2.11. The van der Waals surface area contributed by atoms with Gasteiger partial charge in [-0.3, -0.25) is 9.59 Å². The summed E-state index contributed by atoms with van der Waals surface area (Å²) in [7, 11) is 0. The fraction of sp³-hybridized carbons (Fsp3) is 0. The monoisotopic (exact) mass is 486 g/mol. The Hall–Kier alpha value is -4.62. The summed E-state index contributed by atoms with van der Waals surface area (Å²) in [6.45, 7) is 0. The lowest BCUT2D eigenvalue weighted by molar-refractivity contribution is 0.0229. The largest absolute Gasteiger partial charge is 0.457 e. The van der Waals surface area contributed by atoms with Crippen molar-refractivity contribution in [3.63, 3.8) is 0 Å². The summed E-state index contributed by atoms with van der Waals surface area (Å²) in [4.78, 5) is 42.4. The number of hydrogen-bond acceptors (Lipinski definition) is 5. The Kier molecular flexibility index (Phi) is 7.40. The van der Waals surface area contributed by atoms with Gasteiger partial charge >= 0.3 is 5.97 Å². The van der Waals surface area contributed by atoms with E-state index < -0.39 is 17.8 Å². The zero-order valence-electron chi connectivity index (χ0n) is 18.2. The van der Waals surface area contributed by atoms with Gasteiger partial charge in [-0.15, -0.1) is 0 Å². The second-order valence-corrected chi connectivity index (χ2v) is 7.70. The molecule has 2 amide bonds. The predicted octanol–water partition coefficient (Wildman–Crippen LogP) is 5.89. The molecule has 4 aromatic rings. The third kappa shape index (κ3) is 6.25. The third-order valence-corrected chi connectivity index (χ3v) is 5.08. The van der Waals surface area contributed by atoms with Crippen LogP contribution in [0.3, 0.4) is 0 Å². The van der Waals surface area contributed by atoms with E-state index in [2.05, 4.69) is 10.8 Å². The van der Waals surface area contributed by atoms with Gasteiger partial charge in [0.25, 0.3) is 11.8 Å². The van der Waals surface area contributed by atoms with Crippen LogP contribution >= 0.6 is 11.6 Å². The van der Waals surface area contributed by atoms with Gasteiger partial charge in [0.2, 0.25) is 0 Å². The second-order valence-electron chi connectivity index (χ2n) is 7.27. The summed E-state index contributed by atoms with van der Waals surface area (Å²) >= 11 is 5.88. The first-order valence-corrected chi connectivity index (χ1v) is 10.9. The Morgan fingerprint density at radius 2 is 1.20 bits per heavy atom. The Bertz CT molecular complexity index is 1340. The first-order valence-electron chi connectivity index (χ1n) is 10.5. The van der Waals surface area contributed by atoms with Gasteiger partial charge in [0, 0.05) is 16.3 Å². The zero-order chi connectivity index (χ0) is 24.6. The number of hydroxylamine groups is 1. The van der Waals surface area contributed by atoms with Crippen molar-refractivity contribution in [2.24, 2.45) is 0 Å². The molecule has 0 aliphatic carbocycles. The van der Waals surface area contributed by atoms with Gasteiger partial charge in [0.05, 0.1) is 11.1 Å². The third-order valence-electron chi connectivity index (χ3n) is 4.83. The van der Waals surface area contributed by atoms with Crippen molar-refractivity contribution in [1.29, 1.82) is 0 Å². The van der Waals surface area contributed by atoms with E-state index in [9.17, 15) is 14.4 Å². The predicted molar refractivity (Wildman–Crippen MR) is 132 cm³/mol. The normalized spacial score (nSPS) is 10.2. The van der Waals surface area contributed by atoms with E-state index in [0.29, 0.717) is 27.8 Å². The molecular formula is C27H19ClN2O5. The molecule has 35 heavy (non-hydrogen) atoms. The molecule has 8 heteroatoms. The van der Waals surface area contributed by atoms with Crippen molar-refractivity contribution in [2.45, 2.75) is 0 Å². The van der Waals surface area contributed by atoms with Gasteiger partial charge < -0.3 is 14.9 Å². The number of rotatable bonds is 6. The first kappa shape index (κ1) is 23.5. The highest BCUT2D eigenvalue weighted by atomic mass is 35.5. The van der Waals surface area contributed by atoms with E-state index >= 15 is 0 Å². The van der Waals surface area contributed by atoms with E-state index in [0.717, 1.165) is 0 Å². The molecule has 0 aliphatic rings. The fourth-order valence-corrected chi connectivity index (χ4v) is 3.22. The Labute approximate surface area is 206 Å². The molecular weight excluding hydrogens is 468 g/mol. The van der Waals surface area contributed by atoms with Crippen LogP contribution in [0.4, 0.5) is 5.69 Å². The van der Waals surface area contributed by atoms with Gasteiger partial charge in [-0.25, -0.2) is 4.79 Å². The van der Waals surface area contributed by atoms with Crippen LogP contribution in [0.1, 0.15) is 31.1 Å². The number of halogens is 1. The average molecular weight is 487 g/mol. The van der Waals surface area contributed by atoms with Crippen molar-refractivity contribution in [3.05, 3.63) is 125 Å². The maximum Gasteiger partial charge on any atom is 0.363 e. The van der Waals surface area contributed by atoms with Gasteiger partial charge in [-0.1, -0.05) is 41.9 Å². The van der Waals surface area contributed by atoms with Crippen molar-refractivity contribution >= 4 is 35.1 Å². The summed E-state index contributed by atoms with van der Waals surface area (Å²) in [6.07, 6.45) is 0. The SMILES string of the molecule is O=C(NOC(=O)c1ccccc1C(=O)Nc1ccc(Oc2ccc(Cl)cc2)cc1)c1ccccc1. The molecule has 0 saturated carbocycles. The molecule has 0 heterocycles. The zero-order valence-corrected chi connectivity index (χ0v) is 19.0. The minimum absolute atomic E-state index is 0.000976. The Morgan fingerprint density at radius 3 is 1.86 bits per heavy atom. The fourth-order valence-electron chi connectivity index (χ4n) is 3.10. The van der Waals surface area contributed by atoms with Crippen molar-refractivity contribution in [3.8, 4) is 11.5 Å². The standard InChI is InChI=1S/C27H19ClN2O5/c28-19-10-14-21(15-11-19)34-22-16-12-20(13-17-22)29-26(32)23-8-4-5-9-24(23)27(33)35-30-25(31)18-6-2-1-3-7-18/h1-17H,(H,29,32)(H,30,31). The molecule has 0 atom stereocenters. The molecule has 2 N–H and O–H groups in total. The molecule has 4 rings (SSSR count). The van der Waals surface area contributed by atoms with Crippen LogP contribution < -0.4 is 15.5 Å². The molecule has 7 nitrogen and oxygen atoms in total. The van der Waals surface area contributed by atoms with Crippen molar-refractivity contribution < 1.29 is 24.0 Å². The van der Waals surface area contributed by atoms with Crippen molar-refractivity contribution in [2.75, 3.05) is 5.32 Å². The molecule has 0 spiro atoms. The van der Waals surface area contributed by atoms with E-state index in [-0.39, 0.29) is 11.1 Å². The van der Waals surface area contributed by atoms with Crippen LogP contribution in [0, 0.1) is 0 Å². The number of amides is 2. The number of nitrogens with one attached hydrogen (secondary N) is 2. The van der Waals surface area contributed by atoms with Gasteiger partial charge in [0.1, 0.15) is 11.5 Å². The molecule has 4 aromatic carbocycles. The Morgan fingerprint density at radius 1 is 0.629 bits per heavy atom. The summed E-state index contributed by atoms with van der Waals surface area (Å²) < 4.78 is 5.74. The summed E-state index contributed by atoms with van der Waals surface area (Å²) in [5.74, 6) is -0.770. The highest BCUT2D eigenvalue weighted by Gasteiger charge is 2.19. The van der Waals surface area contributed by atoms with Gasteiger partial charge in [0.15, 0.2) is 0 Å². The molecule has 0 saturated heterocycles. The summed E-state index contributed by atoms with van der Waals surface area (Å²) in [5.41, 5.74) is 3.02. The summed E-state index contributed by atoms with van der Waals surface area (Å²) in [5, 5.41) is 3.35. The molecule has 0 bridgehead atoms. The van der Waals surface area contributed by atoms with Gasteiger partial charge in [-0.2, -0.15) is 5.48 Å². The topological polar surface area (TPSA) is 93.7 Å². The maximum absolute atomic E-state index is 12.9. The number of ether oxygens (including phenoxy) is 1. The number of carbonyl (C=O) groups excluding carboxylic acids is 3. The molecule has 0 aliphatic heterocycles. The lowest BCUT2D eigenvalue weighted by Crippen LogP contribution is -2.28. The first-order chi connectivity index (χ1) is 17.0. The molecule has 0 aromatic heterocycles. The number of carbonyl (C=O) groups is 3. The van der Waals surface area contributed by atoms with Crippen LogP contribution in [0.2, 0.25) is 5.02 Å². The number of benzene rings is 4. The number of anilines is 1. The molecule has 0 unspecified atom stereocenters. The van der Waals surface area contributed by atoms with E-state index in [1.807, 2.05) is 0 Å². The Balaban J connectivity index is 1.39. The second kappa shape index (κ2) is 11.0. The lowest BCUT2D eigenvalue weighted by atomic mass is 10.1. The van der Waals surface area contributed by atoms with Gasteiger partial charge in [-0.05, 0) is 72.8 Å². The average Bonchev–Trinajstić information content (AvgIpc) is 2.90. The highest BCUT2D eigenvalue weighted by Crippen LogP contribution is 2.24. The molecule has 0 radical (unpaired) electrons. The van der Waals surface area contributed by atoms with Crippen LogP contribution in [0.5, 0.6) is 11.5 Å². The van der Waals surface area contributed by atoms with Crippen LogP contribution in [0.15, 0.2) is 103 Å². The van der Waals surface area contributed by atoms with E-state index in [1.165, 1.54) is 12.1 Å². The van der Waals surface area contributed by atoms with Crippen LogP contribution in [-0.4, -0.2) is 17.8 Å². The van der Waals surface area contributed by atoms with Crippen molar-refractivity contribution in [1.82, 2.24) is 5.48 Å². The minimum Gasteiger partial charge on any atom is -0.457 e. The van der Waals surface area contributed by atoms with Crippen LogP contribution in [0.25, 0.3) is 0 Å². The number of hydrogen-bond donors (Lipinski definition) is 2. The summed E-state index contributed by atoms with van der Waals surface area (Å²) in [6, 6.07) is 28.1. The smallest absolute Gasteiger partial charge is 0.363 e. The van der Waals surface area contributed by atoms with E-state index in [4.69, 9.17) is 21.2 Å². The van der Waals surface area contributed by atoms with E-state index in [1.54, 1.807) is 91.0 Å². The highest BCUT2D eigenvalue weighted by molar-refractivity contribution is 6.30. The van der Waals surface area contributed by atoms with Crippen LogP contribution in [-0.2, 0) is 4.84 Å². The molecule has 0 fully saturated rings. The maximum atomic E-state index is 12.9. The molecule has 174 valence electrons. The minimum atomic E-state index is -0.869. The quantitative estimate of drug-likeness (QED) is 0.332.